The quantitative estimate of drug-likeness (QED) is 0.249. The van der Waals surface area contributed by atoms with E-state index in [1.54, 1.807) is 25.8 Å². The molecule has 2 N–H and O–H groups in total. The number of hydrogen-bond donors (Lipinski definition) is 2. The van der Waals surface area contributed by atoms with Crippen LogP contribution in [-0.2, 0) is 11.2 Å². The lowest BCUT2D eigenvalue weighted by Crippen LogP contribution is -2.49. The lowest BCUT2D eigenvalue weighted by molar-refractivity contribution is 0.207. The van der Waals surface area contributed by atoms with E-state index in [-0.39, 0.29) is 24.0 Å². The van der Waals surface area contributed by atoms with E-state index < -0.39 is 0 Å². The molecule has 0 aromatic carbocycles. The fourth-order valence-corrected chi connectivity index (χ4v) is 3.03. The molecule has 8 nitrogen and oxygen atoms in total. The summed E-state index contributed by atoms with van der Waals surface area (Å²) in [5, 5.41) is 6.94. The summed E-state index contributed by atoms with van der Waals surface area (Å²) in [6, 6.07) is 6.11. The zero-order valence-corrected chi connectivity index (χ0v) is 18.5. The van der Waals surface area contributed by atoms with Crippen LogP contribution in [0.3, 0.4) is 0 Å². The monoisotopic (exact) mass is 500 g/mol. The molecule has 1 aliphatic rings. The fraction of sp³-hybridized carbons (Fsp3) is 0.526. The zero-order chi connectivity index (χ0) is 18.7. The molecule has 3 rings (SSSR count). The molecule has 0 atom stereocenters. The Hall–Kier alpha value is -1.88. The molecule has 3 heterocycles. The van der Waals surface area contributed by atoms with Crippen LogP contribution >= 0.6 is 24.0 Å². The van der Waals surface area contributed by atoms with Crippen molar-refractivity contribution in [3.8, 4) is 0 Å². The van der Waals surface area contributed by atoms with E-state index in [2.05, 4.69) is 30.5 Å². The number of hydrogen-bond acceptors (Lipinski definition) is 6. The van der Waals surface area contributed by atoms with Gasteiger partial charge in [-0.05, 0) is 31.0 Å². The Kier molecular flexibility index (Phi) is 10.0. The lowest BCUT2D eigenvalue weighted by Gasteiger charge is -2.33. The largest absolute Gasteiger partial charge is 0.469 e. The number of anilines is 1. The first-order valence-electron chi connectivity index (χ1n) is 9.43. The molecule has 1 aliphatic heterocycles. The van der Waals surface area contributed by atoms with Gasteiger partial charge in [0.1, 0.15) is 5.76 Å². The Morgan fingerprint density at radius 3 is 2.75 bits per heavy atom. The van der Waals surface area contributed by atoms with Gasteiger partial charge in [0.2, 0.25) is 5.95 Å². The van der Waals surface area contributed by atoms with Crippen molar-refractivity contribution < 1.29 is 9.15 Å². The molecule has 0 aliphatic carbocycles. The van der Waals surface area contributed by atoms with Crippen LogP contribution in [0.5, 0.6) is 0 Å². The molecule has 0 amide bonds. The van der Waals surface area contributed by atoms with Crippen LogP contribution in [0.25, 0.3) is 0 Å². The third-order valence-corrected chi connectivity index (χ3v) is 4.48. The van der Waals surface area contributed by atoms with Crippen molar-refractivity contribution in [2.75, 3.05) is 44.8 Å². The van der Waals surface area contributed by atoms with Gasteiger partial charge in [0.25, 0.3) is 0 Å². The van der Waals surface area contributed by atoms with Gasteiger partial charge < -0.3 is 24.7 Å². The molecule has 1 fully saturated rings. The number of halogens is 1. The van der Waals surface area contributed by atoms with Crippen molar-refractivity contribution in [2.24, 2.45) is 4.99 Å². The SMILES string of the molecule is COCCN=C(NCCc1ccco1)NC1CCN(c2ncccn2)CC1.I. The Balaban J connectivity index is 0.00000280. The number of furan rings is 1. The number of aliphatic imine (C=N–C) groups is 1. The first-order valence-corrected chi connectivity index (χ1v) is 9.43. The molecule has 9 heteroatoms. The minimum absolute atomic E-state index is 0. The number of guanidine groups is 1. The van der Waals surface area contributed by atoms with Crippen molar-refractivity contribution in [3.63, 3.8) is 0 Å². The Bertz CT molecular complexity index is 675. The van der Waals surface area contributed by atoms with Crippen molar-refractivity contribution in [3.05, 3.63) is 42.6 Å². The average molecular weight is 500 g/mol. The van der Waals surface area contributed by atoms with Crippen molar-refractivity contribution in [1.29, 1.82) is 0 Å². The predicted molar refractivity (Wildman–Crippen MR) is 120 cm³/mol. The van der Waals surface area contributed by atoms with E-state index in [0.717, 1.165) is 56.6 Å². The number of rotatable bonds is 8. The molecular weight excluding hydrogens is 471 g/mol. The highest BCUT2D eigenvalue weighted by molar-refractivity contribution is 14.0. The van der Waals surface area contributed by atoms with E-state index in [9.17, 15) is 0 Å². The number of ether oxygens (including phenoxy) is 1. The van der Waals surface area contributed by atoms with Gasteiger partial charge in [-0.3, -0.25) is 4.99 Å². The molecule has 2 aromatic rings. The molecule has 2 aromatic heterocycles. The second-order valence-corrected chi connectivity index (χ2v) is 6.43. The minimum Gasteiger partial charge on any atom is -0.469 e. The van der Waals surface area contributed by atoms with Gasteiger partial charge in [-0.2, -0.15) is 0 Å². The number of aromatic nitrogens is 2. The third-order valence-electron chi connectivity index (χ3n) is 4.48. The number of piperidine rings is 1. The van der Waals surface area contributed by atoms with Crippen LogP contribution in [0.1, 0.15) is 18.6 Å². The highest BCUT2D eigenvalue weighted by Gasteiger charge is 2.21. The van der Waals surface area contributed by atoms with Crippen LogP contribution in [0, 0.1) is 0 Å². The maximum atomic E-state index is 5.38. The Labute approximate surface area is 183 Å². The Morgan fingerprint density at radius 2 is 2.07 bits per heavy atom. The van der Waals surface area contributed by atoms with Crippen molar-refractivity contribution in [2.45, 2.75) is 25.3 Å². The molecule has 0 saturated carbocycles. The summed E-state index contributed by atoms with van der Waals surface area (Å²) in [4.78, 5) is 15.5. The first-order chi connectivity index (χ1) is 13.3. The van der Waals surface area contributed by atoms with Crippen LogP contribution in [0.4, 0.5) is 5.95 Å². The van der Waals surface area contributed by atoms with Gasteiger partial charge in [0.05, 0.1) is 19.4 Å². The number of methoxy groups -OCH3 is 1. The second kappa shape index (κ2) is 12.6. The second-order valence-electron chi connectivity index (χ2n) is 6.43. The van der Waals surface area contributed by atoms with Gasteiger partial charge >= 0.3 is 0 Å². The van der Waals surface area contributed by atoms with E-state index >= 15 is 0 Å². The first kappa shape index (κ1) is 22.4. The predicted octanol–water partition coefficient (Wildman–Crippen LogP) is 2.08. The number of nitrogens with one attached hydrogen (secondary N) is 2. The average Bonchev–Trinajstić information content (AvgIpc) is 3.23. The molecular formula is C19H29IN6O2. The zero-order valence-electron chi connectivity index (χ0n) is 16.2. The van der Waals surface area contributed by atoms with Crippen molar-refractivity contribution >= 4 is 35.9 Å². The summed E-state index contributed by atoms with van der Waals surface area (Å²) < 4.78 is 10.5. The topological polar surface area (TPSA) is 87.8 Å². The van der Waals surface area contributed by atoms with Crippen LogP contribution in [0.15, 0.2) is 46.3 Å². The van der Waals surface area contributed by atoms with E-state index in [1.165, 1.54) is 0 Å². The van der Waals surface area contributed by atoms with Crippen LogP contribution in [-0.4, -0.2) is 61.9 Å². The van der Waals surface area contributed by atoms with E-state index in [0.29, 0.717) is 19.2 Å². The number of nitrogens with zero attached hydrogens (tertiary/aromatic N) is 4. The summed E-state index contributed by atoms with van der Waals surface area (Å²) in [5.74, 6) is 2.60. The van der Waals surface area contributed by atoms with Gasteiger partial charge in [0, 0.05) is 51.6 Å². The van der Waals surface area contributed by atoms with Gasteiger partial charge in [-0.25, -0.2) is 9.97 Å². The highest BCUT2D eigenvalue weighted by Crippen LogP contribution is 2.15. The molecule has 0 bridgehead atoms. The van der Waals surface area contributed by atoms with E-state index in [1.807, 2.05) is 18.2 Å². The fourth-order valence-electron chi connectivity index (χ4n) is 3.03. The highest BCUT2D eigenvalue weighted by atomic mass is 127. The van der Waals surface area contributed by atoms with Gasteiger partial charge in [0.15, 0.2) is 5.96 Å². The summed E-state index contributed by atoms with van der Waals surface area (Å²) in [6.45, 7) is 3.86. The Morgan fingerprint density at radius 1 is 1.29 bits per heavy atom. The molecule has 28 heavy (non-hydrogen) atoms. The van der Waals surface area contributed by atoms with Crippen molar-refractivity contribution in [1.82, 2.24) is 20.6 Å². The molecule has 0 spiro atoms. The minimum atomic E-state index is 0. The van der Waals surface area contributed by atoms with Gasteiger partial charge in [-0.1, -0.05) is 0 Å². The standard InChI is InChI=1S/C19H28N6O2.HI/c1-26-15-11-21-18(20-10-5-17-4-2-14-27-17)24-16-6-12-25(13-7-16)19-22-8-3-9-23-19;/h2-4,8-9,14,16H,5-7,10-13,15H2,1H3,(H2,20,21,24);1H. The summed E-state index contributed by atoms with van der Waals surface area (Å²) >= 11 is 0. The van der Waals surface area contributed by atoms with Crippen LogP contribution in [0.2, 0.25) is 0 Å². The summed E-state index contributed by atoms with van der Waals surface area (Å²) in [7, 11) is 1.69. The maximum Gasteiger partial charge on any atom is 0.225 e. The third kappa shape index (κ3) is 7.27. The summed E-state index contributed by atoms with van der Waals surface area (Å²) in [5.41, 5.74) is 0. The molecule has 0 unspecified atom stereocenters. The maximum absolute atomic E-state index is 5.38. The molecule has 154 valence electrons. The molecule has 0 radical (unpaired) electrons. The van der Waals surface area contributed by atoms with E-state index in [4.69, 9.17) is 9.15 Å². The van der Waals surface area contributed by atoms with Crippen LogP contribution < -0.4 is 15.5 Å². The normalized spacial score (nSPS) is 15.2. The molecule has 1 saturated heterocycles. The summed E-state index contributed by atoms with van der Waals surface area (Å²) in [6.07, 6.45) is 8.13. The lowest BCUT2D eigenvalue weighted by atomic mass is 10.1. The van der Waals surface area contributed by atoms with Gasteiger partial charge in [-0.15, -0.1) is 24.0 Å². The smallest absolute Gasteiger partial charge is 0.225 e.